The summed E-state index contributed by atoms with van der Waals surface area (Å²) < 4.78 is 24.4. The fraction of sp³-hybridized carbons (Fsp3) is 0.381. The lowest BCUT2D eigenvalue weighted by molar-refractivity contribution is 0.0399. The molecule has 0 saturated carbocycles. The first-order valence-electron chi connectivity index (χ1n) is 9.35. The first kappa shape index (κ1) is 20.1. The minimum Gasteiger partial charge on any atom is -0.490 e. The summed E-state index contributed by atoms with van der Waals surface area (Å²) in [4.78, 5) is 13.6. The maximum absolute atomic E-state index is 13.0. The Kier molecular flexibility index (Phi) is 6.84. The van der Waals surface area contributed by atoms with E-state index in [1.165, 1.54) is 12.1 Å². The standard InChI is InChI=1S/C21H25FN2O4/c22-15-5-7-17(8-6-15)28-18-9-11-24(12-10-18)13-16(25)14-27-20-4-2-1-3-19(20)21(23)26/h1-8,16,18,25H,9-14H2,(H2,23,26). The molecule has 1 atom stereocenters. The Balaban J connectivity index is 1.41. The molecule has 0 aliphatic carbocycles. The summed E-state index contributed by atoms with van der Waals surface area (Å²) in [7, 11) is 0. The highest BCUT2D eigenvalue weighted by atomic mass is 19.1. The average molecular weight is 388 g/mol. The summed E-state index contributed by atoms with van der Waals surface area (Å²) in [6.07, 6.45) is 1.05. The average Bonchev–Trinajstić information content (AvgIpc) is 2.70. The van der Waals surface area contributed by atoms with Crippen LogP contribution >= 0.6 is 0 Å². The molecule has 2 aromatic carbocycles. The number of rotatable bonds is 8. The van der Waals surface area contributed by atoms with Crippen molar-refractivity contribution in [1.82, 2.24) is 4.90 Å². The van der Waals surface area contributed by atoms with Crippen molar-refractivity contribution in [2.75, 3.05) is 26.2 Å². The van der Waals surface area contributed by atoms with E-state index in [2.05, 4.69) is 4.90 Å². The molecule has 1 unspecified atom stereocenters. The number of para-hydroxylation sites is 1. The quantitative estimate of drug-likeness (QED) is 0.724. The number of primary amides is 1. The van der Waals surface area contributed by atoms with Gasteiger partial charge < -0.3 is 25.2 Å². The normalized spacial score (nSPS) is 16.5. The molecule has 0 aromatic heterocycles. The first-order chi connectivity index (χ1) is 13.5. The second-order valence-electron chi connectivity index (χ2n) is 6.90. The number of nitrogens with two attached hydrogens (primary N) is 1. The molecular formula is C21H25FN2O4. The van der Waals surface area contributed by atoms with Crippen LogP contribution in [0.5, 0.6) is 11.5 Å². The Hall–Kier alpha value is -2.64. The molecule has 28 heavy (non-hydrogen) atoms. The lowest BCUT2D eigenvalue weighted by atomic mass is 10.1. The van der Waals surface area contributed by atoms with Crippen LogP contribution < -0.4 is 15.2 Å². The van der Waals surface area contributed by atoms with Gasteiger partial charge in [-0.3, -0.25) is 4.79 Å². The van der Waals surface area contributed by atoms with Crippen LogP contribution in [0.2, 0.25) is 0 Å². The zero-order valence-corrected chi connectivity index (χ0v) is 15.6. The van der Waals surface area contributed by atoms with E-state index in [1.54, 1.807) is 36.4 Å². The number of piperidine rings is 1. The highest BCUT2D eigenvalue weighted by Gasteiger charge is 2.22. The number of hydrogen-bond acceptors (Lipinski definition) is 5. The van der Waals surface area contributed by atoms with Crippen molar-refractivity contribution in [1.29, 1.82) is 0 Å². The van der Waals surface area contributed by atoms with Crippen LogP contribution in [-0.4, -0.2) is 54.4 Å². The van der Waals surface area contributed by atoms with Gasteiger partial charge in [0.25, 0.3) is 5.91 Å². The Morgan fingerprint density at radius 2 is 1.86 bits per heavy atom. The van der Waals surface area contributed by atoms with Crippen LogP contribution in [0.1, 0.15) is 23.2 Å². The number of carbonyl (C=O) groups excluding carboxylic acids is 1. The highest BCUT2D eigenvalue weighted by Crippen LogP contribution is 2.20. The molecule has 7 heteroatoms. The zero-order chi connectivity index (χ0) is 19.9. The minimum atomic E-state index is -0.685. The molecule has 1 saturated heterocycles. The van der Waals surface area contributed by atoms with Crippen molar-refractivity contribution < 1.29 is 23.8 Å². The molecule has 1 amide bonds. The molecule has 3 rings (SSSR count). The zero-order valence-electron chi connectivity index (χ0n) is 15.6. The second-order valence-corrected chi connectivity index (χ2v) is 6.90. The summed E-state index contributed by atoms with van der Waals surface area (Å²) in [5, 5.41) is 10.3. The van der Waals surface area contributed by atoms with Gasteiger partial charge in [-0.1, -0.05) is 12.1 Å². The van der Waals surface area contributed by atoms with Crippen LogP contribution in [0.15, 0.2) is 48.5 Å². The third-order valence-corrected chi connectivity index (χ3v) is 4.70. The smallest absolute Gasteiger partial charge is 0.252 e. The largest absolute Gasteiger partial charge is 0.490 e. The van der Waals surface area contributed by atoms with E-state index in [9.17, 15) is 14.3 Å². The number of aliphatic hydroxyl groups excluding tert-OH is 1. The lowest BCUT2D eigenvalue weighted by Crippen LogP contribution is -2.43. The van der Waals surface area contributed by atoms with Crippen LogP contribution in [0.25, 0.3) is 0 Å². The Bertz CT molecular complexity index is 776. The topological polar surface area (TPSA) is 85.0 Å². The Labute approximate surface area is 163 Å². The number of halogens is 1. The molecule has 3 N–H and O–H groups in total. The highest BCUT2D eigenvalue weighted by molar-refractivity contribution is 5.95. The van der Waals surface area contributed by atoms with E-state index in [-0.39, 0.29) is 18.5 Å². The van der Waals surface area contributed by atoms with E-state index in [0.717, 1.165) is 25.9 Å². The van der Waals surface area contributed by atoms with Crippen molar-refractivity contribution >= 4 is 5.91 Å². The van der Waals surface area contributed by atoms with Gasteiger partial charge in [0.15, 0.2) is 0 Å². The van der Waals surface area contributed by atoms with Gasteiger partial charge in [0.2, 0.25) is 0 Å². The fourth-order valence-corrected chi connectivity index (χ4v) is 3.25. The second kappa shape index (κ2) is 9.52. The number of likely N-dealkylation sites (tertiary alicyclic amines) is 1. The summed E-state index contributed by atoms with van der Waals surface area (Å²) in [5.74, 6) is 0.201. The summed E-state index contributed by atoms with van der Waals surface area (Å²) in [6.45, 7) is 2.14. The Morgan fingerprint density at radius 3 is 2.54 bits per heavy atom. The summed E-state index contributed by atoms with van der Waals surface area (Å²) in [5.41, 5.74) is 5.63. The van der Waals surface area contributed by atoms with Gasteiger partial charge in [0.05, 0.1) is 5.56 Å². The molecule has 1 heterocycles. The molecule has 6 nitrogen and oxygen atoms in total. The van der Waals surface area contributed by atoms with Crippen molar-refractivity contribution in [2.45, 2.75) is 25.0 Å². The maximum atomic E-state index is 13.0. The van der Waals surface area contributed by atoms with E-state index >= 15 is 0 Å². The van der Waals surface area contributed by atoms with Crippen molar-refractivity contribution in [3.05, 3.63) is 59.9 Å². The van der Waals surface area contributed by atoms with Crippen LogP contribution in [0.3, 0.4) is 0 Å². The van der Waals surface area contributed by atoms with Gasteiger partial charge in [-0.05, 0) is 49.2 Å². The monoisotopic (exact) mass is 388 g/mol. The minimum absolute atomic E-state index is 0.0797. The van der Waals surface area contributed by atoms with E-state index in [1.807, 2.05) is 0 Å². The van der Waals surface area contributed by atoms with Crippen LogP contribution in [-0.2, 0) is 0 Å². The predicted octanol–water partition coefficient (Wildman–Crippen LogP) is 2.21. The van der Waals surface area contributed by atoms with E-state index in [0.29, 0.717) is 23.6 Å². The molecule has 0 bridgehead atoms. The van der Waals surface area contributed by atoms with Crippen LogP contribution in [0, 0.1) is 5.82 Å². The van der Waals surface area contributed by atoms with Crippen molar-refractivity contribution in [2.24, 2.45) is 5.73 Å². The van der Waals surface area contributed by atoms with Gasteiger partial charge in [-0.2, -0.15) is 0 Å². The van der Waals surface area contributed by atoms with Gasteiger partial charge in [0.1, 0.15) is 36.1 Å². The number of benzene rings is 2. The third kappa shape index (κ3) is 5.68. The number of aliphatic hydroxyl groups is 1. The fourth-order valence-electron chi connectivity index (χ4n) is 3.25. The van der Waals surface area contributed by atoms with Gasteiger partial charge >= 0.3 is 0 Å². The maximum Gasteiger partial charge on any atom is 0.252 e. The Morgan fingerprint density at radius 1 is 1.18 bits per heavy atom. The number of carbonyl (C=O) groups is 1. The van der Waals surface area contributed by atoms with E-state index < -0.39 is 12.0 Å². The van der Waals surface area contributed by atoms with Crippen LogP contribution in [0.4, 0.5) is 4.39 Å². The predicted molar refractivity (Wildman–Crippen MR) is 103 cm³/mol. The molecule has 1 fully saturated rings. The molecule has 1 aliphatic rings. The van der Waals surface area contributed by atoms with Gasteiger partial charge in [-0.15, -0.1) is 0 Å². The lowest BCUT2D eigenvalue weighted by Gasteiger charge is -2.33. The number of amides is 1. The molecule has 0 spiro atoms. The van der Waals surface area contributed by atoms with E-state index in [4.69, 9.17) is 15.2 Å². The molecule has 1 aliphatic heterocycles. The number of ether oxygens (including phenoxy) is 2. The van der Waals surface area contributed by atoms with Crippen molar-refractivity contribution in [3.63, 3.8) is 0 Å². The van der Waals surface area contributed by atoms with Crippen molar-refractivity contribution in [3.8, 4) is 11.5 Å². The number of hydrogen-bond donors (Lipinski definition) is 2. The summed E-state index contributed by atoms with van der Waals surface area (Å²) in [6, 6.07) is 12.7. The summed E-state index contributed by atoms with van der Waals surface area (Å²) >= 11 is 0. The third-order valence-electron chi connectivity index (χ3n) is 4.70. The van der Waals surface area contributed by atoms with Gasteiger partial charge in [0, 0.05) is 19.6 Å². The number of β-amino-alcohol motifs (C(OH)–C–C–N with tert-alkyl or cyclic N) is 1. The molecular weight excluding hydrogens is 363 g/mol. The number of nitrogens with zero attached hydrogens (tertiary/aromatic N) is 1. The first-order valence-corrected chi connectivity index (χ1v) is 9.35. The SMILES string of the molecule is NC(=O)c1ccccc1OCC(O)CN1CCC(Oc2ccc(F)cc2)CC1. The van der Waals surface area contributed by atoms with Gasteiger partial charge in [-0.25, -0.2) is 4.39 Å². The molecule has 0 radical (unpaired) electrons. The molecule has 150 valence electrons. The molecule has 2 aromatic rings.